The average Bonchev–Trinajstić information content (AvgIpc) is 3.97. The maximum absolute atomic E-state index is 13.9. The van der Waals surface area contributed by atoms with Crippen LogP contribution in [0.4, 0.5) is 0 Å². The van der Waals surface area contributed by atoms with E-state index >= 15 is 0 Å². The summed E-state index contributed by atoms with van der Waals surface area (Å²) in [4.78, 5) is 55.0. The summed E-state index contributed by atoms with van der Waals surface area (Å²) >= 11 is 0. The highest BCUT2D eigenvalue weighted by Gasteiger charge is 2.64. The van der Waals surface area contributed by atoms with Gasteiger partial charge in [0.25, 0.3) is 0 Å². The number of aliphatic hydroxyl groups excluding tert-OH is 1. The lowest BCUT2D eigenvalue weighted by Crippen LogP contribution is -2.49. The zero-order chi connectivity index (χ0) is 31.0. The van der Waals surface area contributed by atoms with Crippen LogP contribution in [-0.4, -0.2) is 103 Å². The Hall–Kier alpha value is -3.54. The van der Waals surface area contributed by atoms with E-state index in [9.17, 15) is 19.2 Å². The largest absolute Gasteiger partial charge is 0.456 e. The lowest BCUT2D eigenvalue weighted by molar-refractivity contribution is -0.209. The van der Waals surface area contributed by atoms with Gasteiger partial charge in [0.2, 0.25) is 17.7 Å². The molecular weight excluding hydrogens is 566 g/mol. The number of likely N-dealkylation sites (N-methyl/N-ethyl adjacent to an activating group) is 1. The Kier molecular flexibility index (Phi) is 8.63. The molecule has 2 saturated heterocycles. The molecule has 11 nitrogen and oxygen atoms in total. The van der Waals surface area contributed by atoms with Gasteiger partial charge in [-0.25, -0.2) is 4.79 Å². The number of ether oxygens (including phenoxy) is 3. The van der Waals surface area contributed by atoms with E-state index in [0.29, 0.717) is 42.4 Å². The first kappa shape index (κ1) is 30.5. The zero-order valence-corrected chi connectivity index (χ0v) is 25.3. The molecule has 3 amide bonds. The Morgan fingerprint density at radius 3 is 2.41 bits per heavy atom. The number of carbonyl (C=O) groups is 4. The van der Waals surface area contributed by atoms with Crippen molar-refractivity contribution in [3.8, 4) is 0 Å². The highest BCUT2D eigenvalue weighted by molar-refractivity contribution is 5.98. The van der Waals surface area contributed by atoms with Gasteiger partial charge in [0.05, 0.1) is 12.2 Å². The van der Waals surface area contributed by atoms with Crippen molar-refractivity contribution in [2.75, 3.05) is 33.8 Å². The quantitative estimate of drug-likeness (QED) is 0.305. The molecule has 0 radical (unpaired) electrons. The van der Waals surface area contributed by atoms with Crippen molar-refractivity contribution in [2.45, 2.75) is 75.1 Å². The third-order valence-electron chi connectivity index (χ3n) is 9.18. The monoisotopic (exact) mass is 607 g/mol. The molecule has 0 aromatic heterocycles. The van der Waals surface area contributed by atoms with E-state index in [-0.39, 0.29) is 37.3 Å². The van der Waals surface area contributed by atoms with Crippen LogP contribution in [0.1, 0.15) is 60.9 Å². The van der Waals surface area contributed by atoms with Crippen LogP contribution in [0.25, 0.3) is 6.08 Å². The fourth-order valence-corrected chi connectivity index (χ4v) is 6.58. The van der Waals surface area contributed by atoms with E-state index in [1.807, 2.05) is 6.08 Å². The van der Waals surface area contributed by atoms with E-state index in [2.05, 4.69) is 5.32 Å². The minimum Gasteiger partial charge on any atom is -0.456 e. The number of hydrogen-bond donors (Lipinski definition) is 2. The molecule has 5 aliphatic rings. The molecule has 2 saturated carbocycles. The lowest BCUT2D eigenvalue weighted by atomic mass is 9.91. The highest BCUT2D eigenvalue weighted by Crippen LogP contribution is 2.59. The van der Waals surface area contributed by atoms with Gasteiger partial charge in [0.1, 0.15) is 24.4 Å². The van der Waals surface area contributed by atoms with Crippen molar-refractivity contribution in [1.29, 1.82) is 0 Å². The van der Waals surface area contributed by atoms with Crippen LogP contribution >= 0.6 is 0 Å². The smallest absolute Gasteiger partial charge is 0.338 e. The predicted octanol–water partition coefficient (Wildman–Crippen LogP) is 2.04. The van der Waals surface area contributed by atoms with Gasteiger partial charge >= 0.3 is 5.97 Å². The molecular formula is C33H41N3O8. The van der Waals surface area contributed by atoms with Crippen LogP contribution in [0.15, 0.2) is 42.0 Å². The Bertz CT molecular complexity index is 1330. The highest BCUT2D eigenvalue weighted by atomic mass is 16.8. The molecule has 1 aromatic carbocycles. The van der Waals surface area contributed by atoms with Crippen molar-refractivity contribution < 1.29 is 38.5 Å². The number of amides is 3. The molecule has 1 aromatic rings. The topological polar surface area (TPSA) is 135 Å². The van der Waals surface area contributed by atoms with Crippen molar-refractivity contribution >= 4 is 29.8 Å². The third kappa shape index (κ3) is 6.18. The number of aliphatic hydroxyl groups is 1. The van der Waals surface area contributed by atoms with Gasteiger partial charge in [-0.15, -0.1) is 0 Å². The van der Waals surface area contributed by atoms with Crippen LogP contribution in [0.2, 0.25) is 0 Å². The summed E-state index contributed by atoms with van der Waals surface area (Å²) in [5.41, 5.74) is 1.55. The molecule has 3 aliphatic carbocycles. The molecule has 4 fully saturated rings. The lowest BCUT2D eigenvalue weighted by Gasteiger charge is -2.33. The summed E-state index contributed by atoms with van der Waals surface area (Å²) in [7, 11) is 3.35. The van der Waals surface area contributed by atoms with E-state index in [0.717, 1.165) is 31.2 Å². The van der Waals surface area contributed by atoms with Crippen LogP contribution in [0.3, 0.4) is 0 Å². The molecule has 44 heavy (non-hydrogen) atoms. The zero-order valence-electron chi connectivity index (χ0n) is 25.3. The van der Waals surface area contributed by atoms with Crippen LogP contribution in [0.5, 0.6) is 0 Å². The number of esters is 1. The average molecular weight is 608 g/mol. The number of carbonyl (C=O) groups excluding carboxylic acids is 4. The molecule has 2 aliphatic heterocycles. The number of fused-ring (bicyclic) bond motifs is 1. The Morgan fingerprint density at radius 1 is 1.07 bits per heavy atom. The molecule has 0 bridgehead atoms. The van der Waals surface area contributed by atoms with Gasteiger partial charge in [-0.1, -0.05) is 12.1 Å². The molecule has 4 unspecified atom stereocenters. The minimum absolute atomic E-state index is 0.128. The summed E-state index contributed by atoms with van der Waals surface area (Å²) in [6, 6.07) is 6.16. The van der Waals surface area contributed by atoms with Crippen molar-refractivity contribution in [1.82, 2.24) is 15.1 Å². The summed E-state index contributed by atoms with van der Waals surface area (Å²) in [5.74, 6) is -1.36. The molecule has 4 atom stereocenters. The number of nitrogens with zero attached hydrogens (tertiary/aromatic N) is 2. The van der Waals surface area contributed by atoms with Crippen molar-refractivity contribution in [3.63, 3.8) is 0 Å². The number of benzene rings is 1. The summed E-state index contributed by atoms with van der Waals surface area (Å²) in [5, 5.41) is 11.8. The predicted molar refractivity (Wildman–Crippen MR) is 159 cm³/mol. The second kappa shape index (κ2) is 12.5. The van der Waals surface area contributed by atoms with Gasteiger partial charge in [-0.2, -0.15) is 0 Å². The Morgan fingerprint density at radius 2 is 1.77 bits per heavy atom. The number of hydrogen-bond acceptors (Lipinski definition) is 8. The summed E-state index contributed by atoms with van der Waals surface area (Å²) in [6.07, 6.45) is 8.60. The van der Waals surface area contributed by atoms with Gasteiger partial charge in [0.15, 0.2) is 5.79 Å². The SMILES string of the molecule is CN(C)C(=O)C=Cc1ccc(C(=O)OC2CC(C(=O)N3CCCC3C(=O)NCCO)=CC3OC(C4CC4)(C4CC4)OC32)cc1. The van der Waals surface area contributed by atoms with Gasteiger partial charge in [-0.3, -0.25) is 14.4 Å². The van der Waals surface area contributed by atoms with Gasteiger partial charge < -0.3 is 34.4 Å². The Balaban J connectivity index is 1.21. The fourth-order valence-electron chi connectivity index (χ4n) is 6.58. The molecule has 2 N–H and O–H groups in total. The maximum Gasteiger partial charge on any atom is 0.338 e. The second-order valence-electron chi connectivity index (χ2n) is 12.6. The number of likely N-dealkylation sites (tertiary alicyclic amines) is 1. The minimum atomic E-state index is -0.752. The summed E-state index contributed by atoms with van der Waals surface area (Å²) in [6.45, 7) is 0.394. The molecule has 6 rings (SSSR count). The van der Waals surface area contributed by atoms with E-state index < -0.39 is 36.1 Å². The first-order valence-corrected chi connectivity index (χ1v) is 15.7. The number of rotatable bonds is 10. The normalized spacial score (nSPS) is 27.5. The first-order chi connectivity index (χ1) is 21.2. The van der Waals surface area contributed by atoms with Crippen LogP contribution < -0.4 is 5.32 Å². The van der Waals surface area contributed by atoms with E-state index in [1.165, 1.54) is 11.0 Å². The van der Waals surface area contributed by atoms with Crippen molar-refractivity contribution in [2.24, 2.45) is 11.8 Å². The van der Waals surface area contributed by atoms with Gasteiger partial charge in [0, 0.05) is 57.1 Å². The van der Waals surface area contributed by atoms with Crippen molar-refractivity contribution in [3.05, 3.63) is 53.1 Å². The van der Waals surface area contributed by atoms with E-state index in [4.69, 9.17) is 19.3 Å². The van der Waals surface area contributed by atoms with Crippen LogP contribution in [0, 0.1) is 11.8 Å². The van der Waals surface area contributed by atoms with Gasteiger partial charge in [-0.05, 0) is 68.4 Å². The Labute approximate surface area is 257 Å². The molecule has 11 heteroatoms. The number of nitrogens with one attached hydrogen (secondary N) is 1. The molecule has 0 spiro atoms. The first-order valence-electron chi connectivity index (χ1n) is 15.7. The third-order valence-corrected chi connectivity index (χ3v) is 9.18. The molecule has 236 valence electrons. The maximum atomic E-state index is 13.9. The van der Waals surface area contributed by atoms with E-state index in [1.54, 1.807) is 49.3 Å². The second-order valence-corrected chi connectivity index (χ2v) is 12.6. The van der Waals surface area contributed by atoms with Crippen LogP contribution in [-0.2, 0) is 28.6 Å². The standard InChI is InChI=1S/C33H41N3O8/c1-35(2)28(38)14-7-20-5-8-21(9-6-20)32(41)42-26-18-22(31(40)36-16-3-4-25(36)30(39)34-15-17-37)19-27-29(26)44-33(43-27,23-10-11-23)24-12-13-24/h5-9,14,19,23-27,29,37H,3-4,10-13,15-18H2,1-2H3,(H,34,39). The summed E-state index contributed by atoms with van der Waals surface area (Å²) < 4.78 is 19.4. The molecule has 2 heterocycles. The fraction of sp³-hybridized carbons (Fsp3) is 0.576.